The van der Waals surface area contributed by atoms with E-state index in [1.807, 2.05) is 19.2 Å². The quantitative estimate of drug-likeness (QED) is 0.934. The maximum atomic E-state index is 13.5. The van der Waals surface area contributed by atoms with E-state index in [9.17, 15) is 4.39 Å². The normalized spacial score (nSPS) is 14.2. The van der Waals surface area contributed by atoms with Gasteiger partial charge >= 0.3 is 0 Å². The number of rotatable bonds is 3. The molecule has 3 nitrogen and oxygen atoms in total. The zero-order valence-electron chi connectivity index (χ0n) is 12.4. The predicted molar refractivity (Wildman–Crippen MR) is 85.9 cm³/mol. The van der Waals surface area contributed by atoms with Crippen molar-refractivity contribution in [2.24, 2.45) is 0 Å². The van der Waals surface area contributed by atoms with E-state index in [-0.39, 0.29) is 5.82 Å². The smallest absolute Gasteiger partial charge is 0.123 e. The molecule has 21 heavy (non-hydrogen) atoms. The van der Waals surface area contributed by atoms with Crippen molar-refractivity contribution in [3.63, 3.8) is 0 Å². The first-order valence-electron chi connectivity index (χ1n) is 7.21. The highest BCUT2D eigenvalue weighted by Crippen LogP contribution is 2.38. The van der Waals surface area contributed by atoms with Gasteiger partial charge in [0.1, 0.15) is 5.82 Å². The Morgan fingerprint density at radius 2 is 1.81 bits per heavy atom. The number of fused-ring (bicyclic) bond motifs is 1. The van der Waals surface area contributed by atoms with Gasteiger partial charge in [-0.3, -0.25) is 0 Å². The van der Waals surface area contributed by atoms with E-state index in [0.717, 1.165) is 24.3 Å². The van der Waals surface area contributed by atoms with Gasteiger partial charge in [0.25, 0.3) is 0 Å². The van der Waals surface area contributed by atoms with E-state index in [0.29, 0.717) is 6.54 Å². The molecule has 0 bridgehead atoms. The lowest BCUT2D eigenvalue weighted by molar-refractivity contribution is 0.623. The van der Waals surface area contributed by atoms with Gasteiger partial charge in [-0.15, -0.1) is 0 Å². The second-order valence-corrected chi connectivity index (χ2v) is 5.37. The Labute approximate surface area is 125 Å². The maximum Gasteiger partial charge on any atom is 0.123 e. The van der Waals surface area contributed by atoms with Gasteiger partial charge in [-0.1, -0.05) is 12.1 Å². The van der Waals surface area contributed by atoms with Crippen LogP contribution in [-0.2, 0) is 6.54 Å². The fraction of sp³-hybridized carbons (Fsp3) is 0.294. The fourth-order valence-corrected chi connectivity index (χ4v) is 2.91. The molecular weight excluding hydrogens is 265 g/mol. The second kappa shape index (κ2) is 5.74. The van der Waals surface area contributed by atoms with Crippen LogP contribution in [0.25, 0.3) is 0 Å². The van der Waals surface area contributed by atoms with Crippen LogP contribution >= 0.6 is 0 Å². The number of hydrogen-bond donors (Lipinski definition) is 1. The lowest BCUT2D eigenvalue weighted by Gasteiger charge is -2.37. The van der Waals surface area contributed by atoms with Crippen LogP contribution in [0.3, 0.4) is 0 Å². The first-order chi connectivity index (χ1) is 10.2. The number of likely N-dealkylation sites (N-methyl/N-ethyl adjacent to an activating group) is 1. The Bertz CT molecular complexity index is 642. The van der Waals surface area contributed by atoms with Crippen LogP contribution in [0, 0.1) is 5.82 Å². The van der Waals surface area contributed by atoms with Gasteiger partial charge in [0.2, 0.25) is 0 Å². The molecule has 1 N–H and O–H groups in total. The number of benzene rings is 2. The van der Waals surface area contributed by atoms with Crippen LogP contribution in [0.15, 0.2) is 42.5 Å². The number of hydrogen-bond acceptors (Lipinski definition) is 3. The molecule has 0 saturated heterocycles. The van der Waals surface area contributed by atoms with Crippen LogP contribution in [0.5, 0.6) is 0 Å². The van der Waals surface area contributed by atoms with Crippen molar-refractivity contribution in [3.05, 3.63) is 53.8 Å². The molecule has 0 aromatic heterocycles. The Balaban J connectivity index is 2.07. The van der Waals surface area contributed by atoms with E-state index in [2.05, 4.69) is 40.4 Å². The molecule has 0 atom stereocenters. The highest BCUT2D eigenvalue weighted by Gasteiger charge is 2.22. The summed E-state index contributed by atoms with van der Waals surface area (Å²) in [5.41, 5.74) is 4.45. The van der Waals surface area contributed by atoms with Gasteiger partial charge in [-0.25, -0.2) is 4.39 Å². The van der Waals surface area contributed by atoms with Gasteiger partial charge in [-0.2, -0.15) is 0 Å². The minimum atomic E-state index is -0.189. The minimum Gasteiger partial charge on any atom is -0.371 e. The molecule has 4 heteroatoms. The molecular formula is C17H20FN3. The topological polar surface area (TPSA) is 18.5 Å². The molecule has 1 heterocycles. The number of halogens is 1. The molecule has 110 valence electrons. The summed E-state index contributed by atoms with van der Waals surface area (Å²) in [7, 11) is 3.99. The van der Waals surface area contributed by atoms with Gasteiger partial charge in [0, 0.05) is 32.4 Å². The van der Waals surface area contributed by atoms with Crippen LogP contribution < -0.4 is 15.1 Å². The van der Waals surface area contributed by atoms with E-state index in [1.165, 1.54) is 17.4 Å². The summed E-state index contributed by atoms with van der Waals surface area (Å²) in [6.07, 6.45) is 0. The minimum absolute atomic E-state index is 0.189. The molecule has 0 spiro atoms. The molecule has 3 rings (SSSR count). The predicted octanol–water partition coefficient (Wildman–Crippen LogP) is 3.13. The summed E-state index contributed by atoms with van der Waals surface area (Å²) in [4.78, 5) is 4.54. The summed E-state index contributed by atoms with van der Waals surface area (Å²) in [5, 5.41) is 3.12. The number of para-hydroxylation sites is 2. The van der Waals surface area contributed by atoms with Gasteiger partial charge < -0.3 is 15.1 Å². The Morgan fingerprint density at radius 1 is 1.05 bits per heavy atom. The average molecular weight is 285 g/mol. The molecule has 0 amide bonds. The first-order valence-corrected chi connectivity index (χ1v) is 7.21. The van der Waals surface area contributed by atoms with Crippen molar-refractivity contribution in [2.75, 3.05) is 37.0 Å². The lowest BCUT2D eigenvalue weighted by Crippen LogP contribution is -2.37. The maximum absolute atomic E-state index is 13.5. The zero-order valence-corrected chi connectivity index (χ0v) is 12.4. The molecule has 0 saturated carbocycles. The standard InChI is InChI=1S/C17H20FN3/c1-19-12-13-11-14(18)7-8-15(13)21-10-9-20(2)16-5-3-4-6-17(16)21/h3-8,11,19H,9-10,12H2,1-2H3. The molecule has 0 unspecified atom stereocenters. The highest BCUT2D eigenvalue weighted by atomic mass is 19.1. The summed E-state index contributed by atoms with van der Waals surface area (Å²) >= 11 is 0. The molecule has 1 aliphatic heterocycles. The van der Waals surface area contributed by atoms with Crippen molar-refractivity contribution < 1.29 is 4.39 Å². The Hall–Kier alpha value is -2.07. The van der Waals surface area contributed by atoms with Crippen molar-refractivity contribution in [1.29, 1.82) is 0 Å². The van der Waals surface area contributed by atoms with Crippen molar-refractivity contribution in [3.8, 4) is 0 Å². The van der Waals surface area contributed by atoms with Crippen LogP contribution in [0.1, 0.15) is 5.56 Å². The molecule has 1 aliphatic rings. The summed E-state index contributed by atoms with van der Waals surface area (Å²) < 4.78 is 13.5. The van der Waals surface area contributed by atoms with E-state index < -0.39 is 0 Å². The summed E-state index contributed by atoms with van der Waals surface area (Å²) in [6.45, 7) is 2.50. The second-order valence-electron chi connectivity index (χ2n) is 5.37. The van der Waals surface area contributed by atoms with Crippen molar-refractivity contribution >= 4 is 17.1 Å². The third kappa shape index (κ3) is 2.59. The number of nitrogens with zero attached hydrogens (tertiary/aromatic N) is 2. The van der Waals surface area contributed by atoms with E-state index in [1.54, 1.807) is 6.07 Å². The summed E-state index contributed by atoms with van der Waals surface area (Å²) in [5.74, 6) is -0.189. The third-order valence-electron chi connectivity index (χ3n) is 3.94. The molecule has 0 radical (unpaired) electrons. The monoisotopic (exact) mass is 285 g/mol. The lowest BCUT2D eigenvalue weighted by atomic mass is 10.1. The Kier molecular flexibility index (Phi) is 3.80. The van der Waals surface area contributed by atoms with Crippen molar-refractivity contribution in [1.82, 2.24) is 5.32 Å². The largest absolute Gasteiger partial charge is 0.371 e. The molecule has 0 aliphatic carbocycles. The van der Waals surface area contributed by atoms with Gasteiger partial charge in [0.15, 0.2) is 0 Å². The SMILES string of the molecule is CNCc1cc(F)ccc1N1CCN(C)c2ccccc21. The van der Waals surface area contributed by atoms with Crippen molar-refractivity contribution in [2.45, 2.75) is 6.54 Å². The van der Waals surface area contributed by atoms with Crippen LogP contribution in [0.2, 0.25) is 0 Å². The molecule has 2 aromatic rings. The van der Waals surface area contributed by atoms with Gasteiger partial charge in [-0.05, 0) is 42.9 Å². The van der Waals surface area contributed by atoms with Crippen LogP contribution in [-0.4, -0.2) is 27.2 Å². The molecule has 2 aromatic carbocycles. The van der Waals surface area contributed by atoms with Gasteiger partial charge in [0.05, 0.1) is 11.4 Å². The Morgan fingerprint density at radius 3 is 2.57 bits per heavy atom. The molecule has 0 fully saturated rings. The van der Waals surface area contributed by atoms with E-state index in [4.69, 9.17) is 0 Å². The summed E-state index contributed by atoms with van der Waals surface area (Å²) in [6, 6.07) is 13.4. The number of nitrogens with one attached hydrogen (secondary N) is 1. The van der Waals surface area contributed by atoms with Crippen LogP contribution in [0.4, 0.5) is 21.5 Å². The number of anilines is 3. The average Bonchev–Trinajstić information content (AvgIpc) is 2.49. The first kappa shape index (κ1) is 13.9. The van der Waals surface area contributed by atoms with E-state index >= 15 is 0 Å². The highest BCUT2D eigenvalue weighted by molar-refractivity contribution is 5.80. The third-order valence-corrected chi connectivity index (χ3v) is 3.94. The fourth-order valence-electron chi connectivity index (χ4n) is 2.91. The zero-order chi connectivity index (χ0) is 14.8.